The molecule has 37 heavy (non-hydrogen) atoms. The average Bonchev–Trinajstić information content (AvgIpc) is 2.81. The van der Waals surface area contributed by atoms with E-state index in [2.05, 4.69) is 10.6 Å². The maximum absolute atomic E-state index is 14.0. The summed E-state index contributed by atoms with van der Waals surface area (Å²) in [4.78, 5) is 41.6. The highest BCUT2D eigenvalue weighted by Crippen LogP contribution is 2.27. The van der Waals surface area contributed by atoms with Crippen molar-refractivity contribution in [2.24, 2.45) is 5.92 Å². The highest BCUT2D eigenvalue weighted by atomic mass is 16.6. The van der Waals surface area contributed by atoms with Gasteiger partial charge in [0.15, 0.2) is 0 Å². The van der Waals surface area contributed by atoms with Crippen molar-refractivity contribution in [2.75, 3.05) is 6.54 Å². The van der Waals surface area contributed by atoms with Gasteiger partial charge in [-0.3, -0.25) is 9.59 Å². The molecule has 0 aliphatic heterocycles. The molecule has 0 aromatic heterocycles. The average molecular weight is 512 g/mol. The third kappa shape index (κ3) is 9.79. The molecular formula is C29H41N3O5. The van der Waals surface area contributed by atoms with E-state index >= 15 is 0 Å². The molecular weight excluding hydrogens is 470 g/mol. The molecule has 0 spiro atoms. The van der Waals surface area contributed by atoms with Crippen molar-refractivity contribution in [2.45, 2.75) is 78.6 Å². The first-order valence-electron chi connectivity index (χ1n) is 12.8. The second-order valence-corrected chi connectivity index (χ2v) is 10.6. The Morgan fingerprint density at radius 3 is 2.27 bits per heavy atom. The van der Waals surface area contributed by atoms with Gasteiger partial charge in [-0.25, -0.2) is 4.79 Å². The number of benzene rings is 2. The Labute approximate surface area is 220 Å². The van der Waals surface area contributed by atoms with Crippen LogP contribution in [0.4, 0.5) is 4.79 Å². The second-order valence-electron chi connectivity index (χ2n) is 10.6. The molecule has 3 N–H and O–H groups in total. The van der Waals surface area contributed by atoms with Gasteiger partial charge in [-0.15, -0.1) is 0 Å². The van der Waals surface area contributed by atoms with E-state index in [-0.39, 0.29) is 36.6 Å². The van der Waals surface area contributed by atoms with E-state index in [0.717, 1.165) is 5.56 Å². The van der Waals surface area contributed by atoms with Crippen LogP contribution in [0, 0.1) is 5.92 Å². The Bertz CT molecular complexity index is 1030. The highest BCUT2D eigenvalue weighted by molar-refractivity contribution is 5.92. The van der Waals surface area contributed by atoms with Crippen LogP contribution in [0.5, 0.6) is 5.75 Å². The summed E-state index contributed by atoms with van der Waals surface area (Å²) in [7, 11) is 0. The summed E-state index contributed by atoms with van der Waals surface area (Å²) in [6, 6.07) is 13.9. The van der Waals surface area contributed by atoms with Gasteiger partial charge in [0.2, 0.25) is 11.8 Å². The molecule has 0 bridgehead atoms. The number of nitrogens with one attached hydrogen (secondary N) is 2. The number of phenolic OH excluding ortho intramolecular Hbond substituents is 1. The summed E-state index contributed by atoms with van der Waals surface area (Å²) < 4.78 is 5.40. The van der Waals surface area contributed by atoms with E-state index in [9.17, 15) is 19.5 Å². The number of carbonyl (C=O) groups excluding carboxylic acids is 3. The molecule has 0 heterocycles. The zero-order chi connectivity index (χ0) is 27.6. The molecule has 0 aliphatic carbocycles. The number of alkyl carbamates (subject to hydrolysis) is 1. The molecule has 2 rings (SSSR count). The smallest absolute Gasteiger partial charge is 0.408 e. The summed E-state index contributed by atoms with van der Waals surface area (Å²) in [5, 5.41) is 15.8. The predicted molar refractivity (Wildman–Crippen MR) is 144 cm³/mol. The van der Waals surface area contributed by atoms with Gasteiger partial charge in [-0.2, -0.15) is 0 Å². The van der Waals surface area contributed by atoms with Gasteiger partial charge in [0.25, 0.3) is 0 Å². The van der Waals surface area contributed by atoms with Crippen LogP contribution < -0.4 is 10.6 Å². The number of nitrogens with zero attached hydrogens (tertiary/aromatic N) is 1. The van der Waals surface area contributed by atoms with Gasteiger partial charge in [0.05, 0.1) is 0 Å². The Kier molecular flexibility index (Phi) is 11.0. The van der Waals surface area contributed by atoms with Gasteiger partial charge < -0.3 is 25.4 Å². The molecule has 3 amide bonds. The van der Waals surface area contributed by atoms with Crippen LogP contribution >= 0.6 is 0 Å². The molecule has 2 aromatic rings. The van der Waals surface area contributed by atoms with Crippen LogP contribution in [-0.4, -0.2) is 46.1 Å². The van der Waals surface area contributed by atoms with E-state index in [1.165, 1.54) is 17.0 Å². The number of aromatic hydroxyl groups is 1. The highest BCUT2D eigenvalue weighted by Gasteiger charge is 2.36. The number of ether oxygens (including phenoxy) is 1. The van der Waals surface area contributed by atoms with Gasteiger partial charge in [0, 0.05) is 13.1 Å². The van der Waals surface area contributed by atoms with Crippen LogP contribution in [0.15, 0.2) is 54.6 Å². The summed E-state index contributed by atoms with van der Waals surface area (Å²) >= 11 is 0. The fourth-order valence-corrected chi connectivity index (χ4v) is 4.00. The zero-order valence-corrected chi connectivity index (χ0v) is 22.8. The summed E-state index contributed by atoms with van der Waals surface area (Å²) in [5.41, 5.74) is 0.677. The van der Waals surface area contributed by atoms with Crippen molar-refractivity contribution in [3.8, 4) is 5.75 Å². The quantitative estimate of drug-likeness (QED) is 0.397. The van der Waals surface area contributed by atoms with Gasteiger partial charge in [-0.05, 0) is 62.8 Å². The van der Waals surface area contributed by atoms with Crippen LogP contribution in [0.3, 0.4) is 0 Å². The Hall–Kier alpha value is -3.55. The summed E-state index contributed by atoms with van der Waals surface area (Å²) in [6.45, 7) is 11.7. The Balaban J connectivity index is 2.42. The molecule has 2 aromatic carbocycles. The van der Waals surface area contributed by atoms with Crippen LogP contribution in [0.2, 0.25) is 0 Å². The van der Waals surface area contributed by atoms with Gasteiger partial charge >= 0.3 is 6.09 Å². The lowest BCUT2D eigenvalue weighted by Gasteiger charge is -2.35. The van der Waals surface area contributed by atoms with Gasteiger partial charge in [0.1, 0.15) is 23.4 Å². The standard InChI is InChI=1S/C29H41N3O5/c1-7-16-32(27(35)24(17-20(2)3)31-28(36)37-29(4,5)6)25(22-14-11-15-23(33)18-22)26(34)30-19-21-12-9-8-10-13-21/h8-15,18,20,24-25,33H,7,16-17,19H2,1-6H3,(H,30,34)(H,31,36). The number of phenols is 1. The van der Waals surface area contributed by atoms with Gasteiger partial charge in [-0.1, -0.05) is 63.2 Å². The van der Waals surface area contributed by atoms with Crippen molar-refractivity contribution in [1.82, 2.24) is 15.5 Å². The van der Waals surface area contributed by atoms with E-state index in [1.807, 2.05) is 51.1 Å². The van der Waals surface area contributed by atoms with Crippen molar-refractivity contribution < 1.29 is 24.2 Å². The molecule has 2 unspecified atom stereocenters. The van der Waals surface area contributed by atoms with E-state index in [4.69, 9.17) is 4.74 Å². The molecule has 0 saturated heterocycles. The Morgan fingerprint density at radius 1 is 1.03 bits per heavy atom. The molecule has 8 nitrogen and oxygen atoms in total. The third-order valence-corrected chi connectivity index (χ3v) is 5.50. The first-order chi connectivity index (χ1) is 17.4. The van der Waals surface area contributed by atoms with Crippen molar-refractivity contribution in [3.63, 3.8) is 0 Å². The number of rotatable bonds is 11. The monoisotopic (exact) mass is 511 g/mol. The topological polar surface area (TPSA) is 108 Å². The first-order valence-corrected chi connectivity index (χ1v) is 12.8. The normalized spacial score (nSPS) is 12.9. The lowest BCUT2D eigenvalue weighted by atomic mass is 9.98. The number of amides is 3. The zero-order valence-electron chi connectivity index (χ0n) is 22.8. The molecule has 0 radical (unpaired) electrons. The van der Waals surface area contributed by atoms with E-state index < -0.39 is 23.8 Å². The van der Waals surface area contributed by atoms with Crippen LogP contribution in [0.1, 0.15) is 71.6 Å². The molecule has 202 valence electrons. The Morgan fingerprint density at radius 2 is 1.70 bits per heavy atom. The number of carbonyl (C=O) groups is 3. The lowest BCUT2D eigenvalue weighted by molar-refractivity contribution is -0.143. The minimum atomic E-state index is -1.00. The van der Waals surface area contributed by atoms with Crippen LogP contribution in [-0.2, 0) is 20.9 Å². The maximum atomic E-state index is 14.0. The minimum Gasteiger partial charge on any atom is -0.508 e. The molecule has 8 heteroatoms. The number of hydrogen-bond acceptors (Lipinski definition) is 5. The van der Waals surface area contributed by atoms with Crippen molar-refractivity contribution in [3.05, 3.63) is 65.7 Å². The fourth-order valence-electron chi connectivity index (χ4n) is 4.00. The van der Waals surface area contributed by atoms with Crippen LogP contribution in [0.25, 0.3) is 0 Å². The third-order valence-electron chi connectivity index (χ3n) is 5.50. The predicted octanol–water partition coefficient (Wildman–Crippen LogP) is 4.93. The molecule has 2 atom stereocenters. The number of hydrogen-bond donors (Lipinski definition) is 3. The molecule has 0 saturated carbocycles. The summed E-state index contributed by atoms with van der Waals surface area (Å²) in [5.74, 6) is -0.673. The fraction of sp³-hybridized carbons (Fsp3) is 0.483. The SMILES string of the molecule is CCCN(C(=O)C(CC(C)C)NC(=O)OC(C)(C)C)C(C(=O)NCc1ccccc1)c1cccc(O)c1. The molecule has 0 fully saturated rings. The summed E-state index contributed by atoms with van der Waals surface area (Å²) in [6.07, 6.45) is 0.273. The maximum Gasteiger partial charge on any atom is 0.408 e. The van der Waals surface area contributed by atoms with Crippen molar-refractivity contribution in [1.29, 1.82) is 0 Å². The second kappa shape index (κ2) is 13.7. The lowest BCUT2D eigenvalue weighted by Crippen LogP contribution is -2.53. The molecule has 0 aliphatic rings. The largest absolute Gasteiger partial charge is 0.508 e. The minimum absolute atomic E-state index is 0.00660. The first kappa shape index (κ1) is 29.7. The van der Waals surface area contributed by atoms with E-state index in [1.54, 1.807) is 32.9 Å². The van der Waals surface area contributed by atoms with Crippen molar-refractivity contribution >= 4 is 17.9 Å². The van der Waals surface area contributed by atoms with E-state index in [0.29, 0.717) is 18.4 Å².